The first-order chi connectivity index (χ1) is 14.5. The van der Waals surface area contributed by atoms with Crippen LogP contribution >= 0.6 is 0 Å². The molecule has 0 spiro atoms. The molecule has 1 aromatic carbocycles. The lowest BCUT2D eigenvalue weighted by Crippen LogP contribution is -2.09. The minimum atomic E-state index is -0.632. The third-order valence-electron chi connectivity index (χ3n) is 4.47. The normalized spacial score (nSPS) is 13.6. The van der Waals surface area contributed by atoms with Gasteiger partial charge in [-0.05, 0) is 18.1 Å². The summed E-state index contributed by atoms with van der Waals surface area (Å²) in [4.78, 5) is 19.3. The van der Waals surface area contributed by atoms with Crippen LogP contribution in [0.5, 0.6) is 0 Å². The zero-order valence-corrected chi connectivity index (χ0v) is 16.0. The van der Waals surface area contributed by atoms with Crippen LogP contribution in [0.15, 0.2) is 42.9 Å². The number of halogens is 1. The Labute approximate surface area is 170 Å². The van der Waals surface area contributed by atoms with Gasteiger partial charge < -0.3 is 15.4 Å². The van der Waals surface area contributed by atoms with Crippen molar-refractivity contribution in [2.75, 3.05) is 23.8 Å². The molecular formula is C19H18FN7O3. The summed E-state index contributed by atoms with van der Waals surface area (Å²) < 4.78 is 21.3. The van der Waals surface area contributed by atoms with Crippen LogP contribution in [-0.2, 0) is 11.8 Å². The second-order valence-corrected chi connectivity index (χ2v) is 6.58. The van der Waals surface area contributed by atoms with Crippen molar-refractivity contribution in [3.8, 4) is 0 Å². The van der Waals surface area contributed by atoms with Gasteiger partial charge in [0.25, 0.3) is 5.69 Å². The van der Waals surface area contributed by atoms with Gasteiger partial charge in [0.15, 0.2) is 0 Å². The van der Waals surface area contributed by atoms with Crippen LogP contribution < -0.4 is 10.6 Å². The van der Waals surface area contributed by atoms with Gasteiger partial charge in [0.2, 0.25) is 5.95 Å². The highest BCUT2D eigenvalue weighted by molar-refractivity contribution is 5.78. The molecule has 0 saturated heterocycles. The molecule has 2 N–H and O–H groups in total. The number of nitrogens with one attached hydrogen (secondary N) is 2. The Balaban J connectivity index is 1.72. The molecule has 0 saturated carbocycles. The number of benzene rings is 1. The summed E-state index contributed by atoms with van der Waals surface area (Å²) in [5.74, 6) is -0.0374. The van der Waals surface area contributed by atoms with Crippen LogP contribution in [0.2, 0.25) is 0 Å². The van der Waals surface area contributed by atoms with E-state index in [2.05, 4.69) is 25.7 Å². The highest BCUT2D eigenvalue weighted by Crippen LogP contribution is 2.31. The summed E-state index contributed by atoms with van der Waals surface area (Å²) in [6, 6.07) is 3.29. The van der Waals surface area contributed by atoms with Crippen molar-refractivity contribution >= 4 is 34.4 Å². The van der Waals surface area contributed by atoms with Gasteiger partial charge in [-0.1, -0.05) is 6.08 Å². The Kier molecular flexibility index (Phi) is 5.35. The monoisotopic (exact) mass is 411 g/mol. The molecule has 0 atom stereocenters. The zero-order chi connectivity index (χ0) is 21.1. The molecule has 10 nitrogen and oxygen atoms in total. The molecule has 0 radical (unpaired) electrons. The van der Waals surface area contributed by atoms with E-state index in [1.165, 1.54) is 0 Å². The van der Waals surface area contributed by atoms with Crippen LogP contribution in [0.25, 0.3) is 5.57 Å². The number of hydrogen-bond donors (Lipinski definition) is 2. The van der Waals surface area contributed by atoms with E-state index in [9.17, 15) is 14.5 Å². The van der Waals surface area contributed by atoms with Crippen LogP contribution in [0, 0.1) is 15.9 Å². The maximum absolute atomic E-state index is 14.4. The van der Waals surface area contributed by atoms with Crippen LogP contribution in [0.3, 0.4) is 0 Å². The fourth-order valence-corrected chi connectivity index (χ4v) is 3.01. The van der Waals surface area contributed by atoms with Crippen molar-refractivity contribution in [3.63, 3.8) is 0 Å². The Morgan fingerprint density at radius 2 is 2.17 bits per heavy atom. The third kappa shape index (κ3) is 4.25. The molecule has 2 aromatic heterocycles. The number of aromatic nitrogens is 4. The molecule has 3 heterocycles. The van der Waals surface area contributed by atoms with Crippen LogP contribution in [0.1, 0.15) is 12.0 Å². The number of rotatable bonds is 6. The highest BCUT2D eigenvalue weighted by atomic mass is 19.1. The van der Waals surface area contributed by atoms with Gasteiger partial charge in [-0.2, -0.15) is 10.1 Å². The van der Waals surface area contributed by atoms with E-state index in [0.29, 0.717) is 36.7 Å². The van der Waals surface area contributed by atoms with Crippen molar-refractivity contribution < 1.29 is 14.1 Å². The Hall–Kier alpha value is -3.86. The summed E-state index contributed by atoms with van der Waals surface area (Å²) in [7, 11) is 1.78. The van der Waals surface area contributed by atoms with Crippen molar-refractivity contribution in [2.45, 2.75) is 6.42 Å². The second-order valence-electron chi connectivity index (χ2n) is 6.58. The molecular weight excluding hydrogens is 393 g/mol. The molecule has 0 aliphatic carbocycles. The number of nitrogens with zero attached hydrogens (tertiary/aromatic N) is 5. The molecule has 154 valence electrons. The van der Waals surface area contributed by atoms with Gasteiger partial charge in [0, 0.05) is 37.1 Å². The standard InChI is InChI=1S/C19H18FN7O3/c1-26-11-13(9-22-26)23-19-21-10-15(12-4-6-30-7-5-12)18(25-19)24-17-8-14(27(28)29)2-3-16(17)20/h2-4,8-11H,5-7H2,1H3,(H2,21,23,24,25). The lowest BCUT2D eigenvalue weighted by atomic mass is 10.0. The molecule has 11 heteroatoms. The molecule has 0 bridgehead atoms. The molecule has 0 fully saturated rings. The Morgan fingerprint density at radius 1 is 1.30 bits per heavy atom. The maximum atomic E-state index is 14.4. The maximum Gasteiger partial charge on any atom is 0.271 e. The second kappa shape index (κ2) is 8.25. The van der Waals surface area contributed by atoms with E-state index >= 15 is 0 Å². The largest absolute Gasteiger partial charge is 0.377 e. The minimum Gasteiger partial charge on any atom is -0.377 e. The van der Waals surface area contributed by atoms with Gasteiger partial charge in [-0.25, -0.2) is 9.37 Å². The number of non-ortho nitro benzene ring substituents is 1. The summed E-state index contributed by atoms with van der Waals surface area (Å²) in [6.07, 6.45) is 7.55. The molecule has 1 aliphatic heterocycles. The minimum absolute atomic E-state index is 0.0517. The van der Waals surface area contributed by atoms with E-state index in [0.717, 1.165) is 23.8 Å². The SMILES string of the molecule is Cn1cc(Nc2ncc(C3=CCOCC3)c(Nc3cc([N+](=O)[O-])ccc3F)n2)cn1. The van der Waals surface area contributed by atoms with Crippen molar-refractivity contribution in [1.82, 2.24) is 19.7 Å². The summed E-state index contributed by atoms with van der Waals surface area (Å²) in [6.45, 7) is 1.00. The summed E-state index contributed by atoms with van der Waals surface area (Å²) in [5, 5.41) is 21.1. The number of nitro groups is 1. The smallest absolute Gasteiger partial charge is 0.271 e. The lowest BCUT2D eigenvalue weighted by molar-refractivity contribution is -0.384. The molecule has 3 aromatic rings. The topological polar surface area (TPSA) is 120 Å². The van der Waals surface area contributed by atoms with E-state index in [4.69, 9.17) is 4.74 Å². The van der Waals surface area contributed by atoms with Gasteiger partial charge >= 0.3 is 0 Å². The Bertz CT molecular complexity index is 1130. The summed E-state index contributed by atoms with van der Waals surface area (Å²) in [5.41, 5.74) is 2.02. The highest BCUT2D eigenvalue weighted by Gasteiger charge is 2.17. The van der Waals surface area contributed by atoms with Crippen LogP contribution in [0.4, 0.5) is 33.2 Å². The fraction of sp³-hybridized carbons (Fsp3) is 0.211. The predicted octanol–water partition coefficient (Wildman–Crippen LogP) is 3.55. The quantitative estimate of drug-likeness (QED) is 0.467. The van der Waals surface area contributed by atoms with Gasteiger partial charge in [0.05, 0.1) is 35.7 Å². The van der Waals surface area contributed by atoms with E-state index < -0.39 is 10.7 Å². The fourth-order valence-electron chi connectivity index (χ4n) is 3.01. The van der Waals surface area contributed by atoms with Gasteiger partial charge in [0.1, 0.15) is 11.6 Å². The first-order valence-electron chi connectivity index (χ1n) is 9.10. The van der Waals surface area contributed by atoms with Crippen LogP contribution in [-0.4, -0.2) is 37.9 Å². The van der Waals surface area contributed by atoms with Gasteiger partial charge in [-0.15, -0.1) is 0 Å². The number of hydrogen-bond acceptors (Lipinski definition) is 8. The average molecular weight is 411 g/mol. The van der Waals surface area contributed by atoms with E-state index in [1.54, 1.807) is 30.3 Å². The molecule has 0 unspecified atom stereocenters. The molecule has 30 heavy (non-hydrogen) atoms. The average Bonchev–Trinajstić information content (AvgIpc) is 3.15. The zero-order valence-electron chi connectivity index (χ0n) is 16.0. The van der Waals surface area contributed by atoms with Gasteiger partial charge in [-0.3, -0.25) is 14.8 Å². The molecule has 1 aliphatic rings. The van der Waals surface area contributed by atoms with Crippen molar-refractivity contribution in [3.05, 3.63) is 64.4 Å². The summed E-state index contributed by atoms with van der Waals surface area (Å²) >= 11 is 0. The van der Waals surface area contributed by atoms with Crippen molar-refractivity contribution in [1.29, 1.82) is 0 Å². The number of ether oxygens (including phenoxy) is 1. The van der Waals surface area contributed by atoms with E-state index in [1.807, 2.05) is 6.08 Å². The molecule has 0 amide bonds. The third-order valence-corrected chi connectivity index (χ3v) is 4.47. The number of aryl methyl sites for hydroxylation is 1. The Morgan fingerprint density at radius 3 is 2.87 bits per heavy atom. The van der Waals surface area contributed by atoms with Crippen molar-refractivity contribution in [2.24, 2.45) is 7.05 Å². The molecule has 4 rings (SSSR count). The predicted molar refractivity (Wildman–Crippen MR) is 108 cm³/mol. The number of nitro benzene ring substituents is 1. The first kappa shape index (κ1) is 19.5. The first-order valence-corrected chi connectivity index (χ1v) is 9.10. The number of anilines is 4. The van der Waals surface area contributed by atoms with E-state index in [-0.39, 0.29) is 17.3 Å². The lowest BCUT2D eigenvalue weighted by Gasteiger charge is -2.18.